The van der Waals surface area contributed by atoms with Crippen molar-refractivity contribution in [2.75, 3.05) is 5.32 Å². The zero-order chi connectivity index (χ0) is 21.3. The summed E-state index contributed by atoms with van der Waals surface area (Å²) >= 11 is 7.08. The maximum atomic E-state index is 13.2. The maximum absolute atomic E-state index is 13.2. The Balaban J connectivity index is 1.63. The van der Waals surface area contributed by atoms with E-state index in [1.165, 1.54) is 46.5 Å². The van der Waals surface area contributed by atoms with Gasteiger partial charge in [0.15, 0.2) is 5.69 Å². The third-order valence-electron chi connectivity index (χ3n) is 4.12. The molecule has 152 valence electrons. The van der Waals surface area contributed by atoms with Crippen molar-refractivity contribution in [2.45, 2.75) is 6.18 Å². The number of rotatable bonds is 4. The molecule has 30 heavy (non-hydrogen) atoms. The smallest absolute Gasteiger partial charge is 0.307 e. The van der Waals surface area contributed by atoms with Crippen molar-refractivity contribution in [3.63, 3.8) is 0 Å². The van der Waals surface area contributed by atoms with Crippen LogP contribution in [0.15, 0.2) is 66.2 Å². The highest BCUT2D eigenvalue weighted by Gasteiger charge is 2.35. The van der Waals surface area contributed by atoms with E-state index < -0.39 is 17.8 Å². The number of alkyl halides is 3. The van der Waals surface area contributed by atoms with Crippen LogP contribution in [0.1, 0.15) is 16.1 Å². The fourth-order valence-electron chi connectivity index (χ4n) is 2.71. The van der Waals surface area contributed by atoms with Crippen molar-refractivity contribution < 1.29 is 18.0 Å². The lowest BCUT2D eigenvalue weighted by atomic mass is 10.2. The minimum atomic E-state index is -4.57. The molecule has 3 aromatic heterocycles. The monoisotopic (exact) mass is 448 g/mol. The fraction of sp³-hybridized carbons (Fsp3) is 0.0500. The molecule has 0 fully saturated rings. The molecular formula is C20H12ClF3N4OS. The Morgan fingerprint density at radius 1 is 1.10 bits per heavy atom. The number of pyridine rings is 1. The van der Waals surface area contributed by atoms with Crippen LogP contribution in [0.25, 0.3) is 16.3 Å². The molecule has 0 atom stereocenters. The van der Waals surface area contributed by atoms with Gasteiger partial charge in [0.1, 0.15) is 5.82 Å². The van der Waals surface area contributed by atoms with E-state index in [1.54, 1.807) is 29.6 Å². The number of nitrogens with zero attached hydrogens (tertiary/aromatic N) is 3. The van der Waals surface area contributed by atoms with Crippen molar-refractivity contribution in [2.24, 2.45) is 0 Å². The van der Waals surface area contributed by atoms with E-state index in [4.69, 9.17) is 11.6 Å². The first-order valence-corrected chi connectivity index (χ1v) is 9.81. The first-order valence-electron chi connectivity index (χ1n) is 8.56. The highest BCUT2D eigenvalue weighted by atomic mass is 35.5. The Hall–Kier alpha value is -3.17. The third-order valence-corrected chi connectivity index (χ3v) is 5.23. The number of thiophene rings is 1. The average Bonchev–Trinajstić information content (AvgIpc) is 3.39. The van der Waals surface area contributed by atoms with Gasteiger partial charge >= 0.3 is 6.18 Å². The summed E-state index contributed by atoms with van der Waals surface area (Å²) in [6.45, 7) is 0. The minimum Gasteiger partial charge on any atom is -0.307 e. The predicted octanol–water partition coefficient (Wildman–Crippen LogP) is 5.92. The van der Waals surface area contributed by atoms with E-state index in [0.717, 1.165) is 6.07 Å². The second-order valence-electron chi connectivity index (χ2n) is 6.16. The molecule has 3 heterocycles. The molecule has 0 saturated carbocycles. The number of carbonyl (C=O) groups excluding carboxylic acids is 1. The molecule has 1 N–H and O–H groups in total. The Morgan fingerprint density at radius 2 is 1.87 bits per heavy atom. The van der Waals surface area contributed by atoms with Gasteiger partial charge in [-0.2, -0.15) is 18.3 Å². The van der Waals surface area contributed by atoms with Gasteiger partial charge in [-0.25, -0.2) is 9.67 Å². The van der Waals surface area contributed by atoms with Crippen LogP contribution in [-0.2, 0) is 6.18 Å². The van der Waals surface area contributed by atoms with E-state index in [2.05, 4.69) is 15.4 Å². The van der Waals surface area contributed by atoms with Crippen LogP contribution in [0.4, 0.5) is 19.0 Å². The maximum Gasteiger partial charge on any atom is 0.435 e. The molecule has 1 amide bonds. The lowest BCUT2D eigenvalue weighted by Gasteiger charge is -2.08. The van der Waals surface area contributed by atoms with Crippen molar-refractivity contribution in [1.82, 2.24) is 14.8 Å². The SMILES string of the molecule is O=C(Nc1ccc(Cl)cn1)c1ccc(-n2nc(C(F)(F)F)cc2-c2cccs2)cc1. The number of halogens is 4. The van der Waals surface area contributed by atoms with Gasteiger partial charge in [0.2, 0.25) is 0 Å². The minimum absolute atomic E-state index is 0.316. The number of carbonyl (C=O) groups is 1. The van der Waals surface area contributed by atoms with Gasteiger partial charge < -0.3 is 5.32 Å². The zero-order valence-corrected chi connectivity index (χ0v) is 16.6. The van der Waals surface area contributed by atoms with E-state index in [9.17, 15) is 18.0 Å². The number of benzene rings is 1. The first-order chi connectivity index (χ1) is 14.3. The normalized spacial score (nSPS) is 11.5. The van der Waals surface area contributed by atoms with Crippen LogP contribution in [0, 0.1) is 0 Å². The Labute approximate surface area is 177 Å². The molecule has 5 nitrogen and oxygen atoms in total. The molecule has 0 unspecified atom stereocenters. The van der Waals surface area contributed by atoms with Gasteiger partial charge in [-0.15, -0.1) is 11.3 Å². The molecular weight excluding hydrogens is 437 g/mol. The van der Waals surface area contributed by atoms with Crippen molar-refractivity contribution in [3.8, 4) is 16.3 Å². The fourth-order valence-corrected chi connectivity index (χ4v) is 3.55. The third kappa shape index (κ3) is 4.22. The van der Waals surface area contributed by atoms with E-state index in [-0.39, 0.29) is 0 Å². The lowest BCUT2D eigenvalue weighted by molar-refractivity contribution is -0.141. The number of aromatic nitrogens is 3. The molecule has 0 radical (unpaired) electrons. The van der Waals surface area contributed by atoms with Gasteiger partial charge in [-0.1, -0.05) is 17.7 Å². The second-order valence-corrected chi connectivity index (χ2v) is 7.55. The Bertz CT molecular complexity index is 1170. The zero-order valence-electron chi connectivity index (χ0n) is 15.0. The summed E-state index contributed by atoms with van der Waals surface area (Å²) in [5, 5.41) is 8.57. The van der Waals surface area contributed by atoms with Crippen LogP contribution < -0.4 is 5.32 Å². The molecule has 10 heteroatoms. The average molecular weight is 449 g/mol. The van der Waals surface area contributed by atoms with Gasteiger partial charge in [0.25, 0.3) is 5.91 Å². The highest BCUT2D eigenvalue weighted by Crippen LogP contribution is 2.34. The predicted molar refractivity (Wildman–Crippen MR) is 109 cm³/mol. The summed E-state index contributed by atoms with van der Waals surface area (Å²) in [6, 6.07) is 13.7. The van der Waals surface area contributed by atoms with Crippen LogP contribution in [0.3, 0.4) is 0 Å². The van der Waals surface area contributed by atoms with Crippen molar-refractivity contribution in [3.05, 3.63) is 82.5 Å². The summed E-state index contributed by atoms with van der Waals surface area (Å²) in [4.78, 5) is 17.0. The summed E-state index contributed by atoms with van der Waals surface area (Å²) < 4.78 is 40.8. The van der Waals surface area contributed by atoms with Crippen LogP contribution in [-0.4, -0.2) is 20.7 Å². The van der Waals surface area contributed by atoms with E-state index >= 15 is 0 Å². The quantitative estimate of drug-likeness (QED) is 0.421. The van der Waals surface area contributed by atoms with Gasteiger partial charge in [-0.05, 0) is 53.9 Å². The van der Waals surface area contributed by atoms with Crippen molar-refractivity contribution in [1.29, 1.82) is 0 Å². The molecule has 0 aliphatic carbocycles. The molecule has 0 bridgehead atoms. The van der Waals surface area contributed by atoms with Gasteiger partial charge in [0.05, 0.1) is 21.3 Å². The van der Waals surface area contributed by atoms with E-state index in [1.807, 2.05) is 0 Å². The largest absolute Gasteiger partial charge is 0.435 e. The second kappa shape index (κ2) is 7.92. The van der Waals surface area contributed by atoms with Gasteiger partial charge in [-0.3, -0.25) is 4.79 Å². The molecule has 1 aromatic carbocycles. The first kappa shape index (κ1) is 20.1. The Morgan fingerprint density at radius 3 is 2.47 bits per heavy atom. The molecule has 4 aromatic rings. The number of anilines is 1. The summed E-state index contributed by atoms with van der Waals surface area (Å²) in [5.41, 5.74) is 0.0489. The molecule has 0 aliphatic heterocycles. The van der Waals surface area contributed by atoms with Crippen LogP contribution >= 0.6 is 22.9 Å². The number of amides is 1. The molecule has 0 saturated heterocycles. The molecule has 4 rings (SSSR count). The topological polar surface area (TPSA) is 59.8 Å². The number of hydrogen-bond acceptors (Lipinski definition) is 4. The van der Waals surface area contributed by atoms with Crippen molar-refractivity contribution >= 4 is 34.7 Å². The number of hydrogen-bond donors (Lipinski definition) is 1. The van der Waals surface area contributed by atoms with Crippen LogP contribution in [0.5, 0.6) is 0 Å². The molecule has 0 aliphatic rings. The number of nitrogens with one attached hydrogen (secondary N) is 1. The summed E-state index contributed by atoms with van der Waals surface area (Å²) in [6.07, 6.45) is -3.16. The molecule has 0 spiro atoms. The van der Waals surface area contributed by atoms with E-state index in [0.29, 0.717) is 32.7 Å². The van der Waals surface area contributed by atoms with Crippen LogP contribution in [0.2, 0.25) is 5.02 Å². The highest BCUT2D eigenvalue weighted by molar-refractivity contribution is 7.13. The standard InChI is InChI=1S/C20H12ClF3N4OS/c21-13-5-8-18(25-11-13)26-19(29)12-3-6-14(7-4-12)28-15(16-2-1-9-30-16)10-17(27-28)20(22,23)24/h1-11H,(H,25,26,29). The summed E-state index contributed by atoms with van der Waals surface area (Å²) in [7, 11) is 0. The van der Waals surface area contributed by atoms with Gasteiger partial charge in [0, 0.05) is 11.8 Å². The lowest BCUT2D eigenvalue weighted by Crippen LogP contribution is -2.13. The summed E-state index contributed by atoms with van der Waals surface area (Å²) in [5.74, 6) is -0.0818. The Kier molecular flexibility index (Phi) is 5.31.